The van der Waals surface area contributed by atoms with Crippen molar-refractivity contribution >= 4 is 27.5 Å². The second kappa shape index (κ2) is 6.60. The van der Waals surface area contributed by atoms with E-state index in [0.717, 1.165) is 17.7 Å². The van der Waals surface area contributed by atoms with Crippen LogP contribution < -0.4 is 10.9 Å². The summed E-state index contributed by atoms with van der Waals surface area (Å²) in [5.41, 5.74) is -0.0645. The van der Waals surface area contributed by atoms with Crippen molar-refractivity contribution in [2.24, 2.45) is 5.92 Å². The maximum absolute atomic E-state index is 12.2. The SMILES string of the molecule is CC1CCCC(NC(=O)CCn2cnc3sccc3c2=O)C1. The molecule has 1 saturated carbocycles. The summed E-state index contributed by atoms with van der Waals surface area (Å²) >= 11 is 1.45. The normalized spacial score (nSPS) is 21.9. The summed E-state index contributed by atoms with van der Waals surface area (Å²) in [7, 11) is 0. The minimum absolute atomic E-state index is 0.0245. The van der Waals surface area contributed by atoms with Gasteiger partial charge in [-0.15, -0.1) is 11.3 Å². The third-order valence-corrected chi connectivity index (χ3v) is 5.15. The second-order valence-corrected chi connectivity index (χ2v) is 7.06. The third kappa shape index (κ3) is 3.38. The molecule has 22 heavy (non-hydrogen) atoms. The molecule has 0 bridgehead atoms. The van der Waals surface area contributed by atoms with Gasteiger partial charge in [0.1, 0.15) is 4.83 Å². The van der Waals surface area contributed by atoms with Crippen LogP contribution in [0.25, 0.3) is 10.2 Å². The molecule has 6 heteroatoms. The van der Waals surface area contributed by atoms with E-state index >= 15 is 0 Å². The van der Waals surface area contributed by atoms with Crippen LogP contribution in [-0.4, -0.2) is 21.5 Å². The molecular formula is C16H21N3O2S. The molecule has 2 aromatic rings. The molecule has 118 valence electrons. The maximum atomic E-state index is 12.2. The number of fused-ring (bicyclic) bond motifs is 1. The number of aryl methyl sites for hydroxylation is 1. The zero-order valence-corrected chi connectivity index (χ0v) is 13.6. The Kier molecular flexibility index (Phi) is 4.57. The summed E-state index contributed by atoms with van der Waals surface area (Å²) in [6.07, 6.45) is 6.43. The second-order valence-electron chi connectivity index (χ2n) is 6.17. The third-order valence-electron chi connectivity index (χ3n) is 4.33. The molecule has 0 radical (unpaired) electrons. The van der Waals surface area contributed by atoms with E-state index in [2.05, 4.69) is 17.2 Å². The van der Waals surface area contributed by atoms with Gasteiger partial charge in [0.15, 0.2) is 0 Å². The minimum atomic E-state index is -0.0645. The van der Waals surface area contributed by atoms with Crippen LogP contribution in [0.15, 0.2) is 22.6 Å². The molecule has 1 amide bonds. The van der Waals surface area contributed by atoms with Crippen LogP contribution in [0.2, 0.25) is 0 Å². The summed E-state index contributed by atoms with van der Waals surface area (Å²) in [4.78, 5) is 29.3. The van der Waals surface area contributed by atoms with Crippen LogP contribution in [-0.2, 0) is 11.3 Å². The van der Waals surface area contributed by atoms with Crippen molar-refractivity contribution in [3.63, 3.8) is 0 Å². The number of rotatable bonds is 4. The summed E-state index contributed by atoms with van der Waals surface area (Å²) in [6.45, 7) is 2.62. The molecule has 1 aliphatic rings. The van der Waals surface area contributed by atoms with Gasteiger partial charge in [-0.1, -0.05) is 19.8 Å². The molecule has 0 aromatic carbocycles. The van der Waals surface area contributed by atoms with Gasteiger partial charge in [0.2, 0.25) is 5.91 Å². The fourth-order valence-electron chi connectivity index (χ4n) is 3.14. The van der Waals surface area contributed by atoms with Crippen LogP contribution >= 0.6 is 11.3 Å². The highest BCUT2D eigenvalue weighted by atomic mass is 32.1. The van der Waals surface area contributed by atoms with Crippen LogP contribution in [0.4, 0.5) is 0 Å². The Morgan fingerprint density at radius 1 is 1.50 bits per heavy atom. The highest BCUT2D eigenvalue weighted by molar-refractivity contribution is 7.16. The highest BCUT2D eigenvalue weighted by Gasteiger charge is 2.20. The summed E-state index contributed by atoms with van der Waals surface area (Å²) in [6, 6.07) is 2.08. The Morgan fingerprint density at radius 3 is 3.18 bits per heavy atom. The van der Waals surface area contributed by atoms with Crippen molar-refractivity contribution in [2.75, 3.05) is 0 Å². The van der Waals surface area contributed by atoms with Gasteiger partial charge >= 0.3 is 0 Å². The first-order chi connectivity index (χ1) is 10.6. The fraction of sp³-hybridized carbons (Fsp3) is 0.562. The summed E-state index contributed by atoms with van der Waals surface area (Å²) in [5, 5.41) is 5.59. The molecule has 5 nitrogen and oxygen atoms in total. The summed E-state index contributed by atoms with van der Waals surface area (Å²) in [5.74, 6) is 0.711. The van der Waals surface area contributed by atoms with Crippen molar-refractivity contribution < 1.29 is 4.79 Å². The smallest absolute Gasteiger partial charge is 0.262 e. The number of nitrogens with one attached hydrogen (secondary N) is 1. The lowest BCUT2D eigenvalue weighted by Gasteiger charge is -2.27. The lowest BCUT2D eigenvalue weighted by molar-refractivity contribution is -0.122. The van der Waals surface area contributed by atoms with Crippen LogP contribution in [0, 0.1) is 5.92 Å². The number of nitrogens with zero attached hydrogens (tertiary/aromatic N) is 2. The largest absolute Gasteiger partial charge is 0.353 e. The van der Waals surface area contributed by atoms with Crippen molar-refractivity contribution in [1.82, 2.24) is 14.9 Å². The lowest BCUT2D eigenvalue weighted by Crippen LogP contribution is -2.38. The van der Waals surface area contributed by atoms with Gasteiger partial charge in [0, 0.05) is 19.0 Å². The first-order valence-electron chi connectivity index (χ1n) is 7.85. The number of hydrogen-bond acceptors (Lipinski definition) is 4. The molecule has 0 spiro atoms. The van der Waals surface area contributed by atoms with Gasteiger partial charge in [0.05, 0.1) is 11.7 Å². The molecule has 2 unspecified atom stereocenters. The van der Waals surface area contributed by atoms with Crippen LogP contribution in [0.1, 0.15) is 39.0 Å². The van der Waals surface area contributed by atoms with Gasteiger partial charge in [-0.05, 0) is 30.2 Å². The zero-order chi connectivity index (χ0) is 15.5. The van der Waals surface area contributed by atoms with Gasteiger partial charge in [0.25, 0.3) is 5.56 Å². The van der Waals surface area contributed by atoms with Gasteiger partial charge in [-0.25, -0.2) is 4.98 Å². The summed E-state index contributed by atoms with van der Waals surface area (Å²) < 4.78 is 1.53. The molecule has 1 fully saturated rings. The molecule has 2 heterocycles. The van der Waals surface area contributed by atoms with E-state index in [9.17, 15) is 9.59 Å². The molecule has 0 saturated heterocycles. The minimum Gasteiger partial charge on any atom is -0.353 e. The van der Waals surface area contributed by atoms with Gasteiger partial charge in [-0.3, -0.25) is 14.2 Å². The molecule has 1 N–H and O–H groups in total. The van der Waals surface area contributed by atoms with E-state index in [0.29, 0.717) is 30.3 Å². The fourth-order valence-corrected chi connectivity index (χ4v) is 3.86. The Balaban J connectivity index is 1.58. The van der Waals surface area contributed by atoms with Crippen molar-refractivity contribution in [2.45, 2.75) is 51.6 Å². The molecule has 3 rings (SSSR count). The zero-order valence-electron chi connectivity index (χ0n) is 12.7. The van der Waals surface area contributed by atoms with Gasteiger partial charge < -0.3 is 5.32 Å². The van der Waals surface area contributed by atoms with Crippen molar-refractivity contribution in [3.8, 4) is 0 Å². The number of aromatic nitrogens is 2. The number of thiophene rings is 1. The average molecular weight is 319 g/mol. The lowest BCUT2D eigenvalue weighted by atomic mass is 9.87. The van der Waals surface area contributed by atoms with E-state index in [-0.39, 0.29) is 11.5 Å². The van der Waals surface area contributed by atoms with E-state index in [1.54, 1.807) is 6.07 Å². The predicted octanol–water partition coefficient (Wildman–Crippen LogP) is 2.54. The first kappa shape index (κ1) is 15.2. The Hall–Kier alpha value is -1.69. The van der Waals surface area contributed by atoms with E-state index in [1.807, 2.05) is 5.38 Å². The van der Waals surface area contributed by atoms with E-state index in [1.165, 1.54) is 35.1 Å². The topological polar surface area (TPSA) is 64.0 Å². The predicted molar refractivity (Wildman–Crippen MR) is 88.1 cm³/mol. The van der Waals surface area contributed by atoms with E-state index in [4.69, 9.17) is 0 Å². The van der Waals surface area contributed by atoms with Gasteiger partial charge in [-0.2, -0.15) is 0 Å². The molecule has 2 aromatic heterocycles. The maximum Gasteiger partial charge on any atom is 0.262 e. The van der Waals surface area contributed by atoms with Crippen molar-refractivity contribution in [1.29, 1.82) is 0 Å². The number of hydrogen-bond donors (Lipinski definition) is 1. The van der Waals surface area contributed by atoms with Crippen LogP contribution in [0.5, 0.6) is 0 Å². The van der Waals surface area contributed by atoms with E-state index < -0.39 is 0 Å². The van der Waals surface area contributed by atoms with Crippen molar-refractivity contribution in [3.05, 3.63) is 28.1 Å². The molecular weight excluding hydrogens is 298 g/mol. The molecule has 1 aliphatic carbocycles. The first-order valence-corrected chi connectivity index (χ1v) is 8.73. The number of carbonyl (C=O) groups excluding carboxylic acids is 1. The Morgan fingerprint density at radius 2 is 2.36 bits per heavy atom. The molecule has 0 aliphatic heterocycles. The Bertz CT molecular complexity index is 721. The highest BCUT2D eigenvalue weighted by Crippen LogP contribution is 2.23. The standard InChI is InChI=1S/C16H21N3O2S/c1-11-3-2-4-12(9-11)18-14(20)5-7-19-10-17-15-13(16(19)21)6-8-22-15/h6,8,10-12H,2-5,7,9H2,1H3,(H,18,20). The average Bonchev–Trinajstić information content (AvgIpc) is 2.96. The quantitative estimate of drug-likeness (QED) is 0.942. The van der Waals surface area contributed by atoms with Crippen LogP contribution in [0.3, 0.4) is 0 Å². The molecule has 2 atom stereocenters. The monoisotopic (exact) mass is 319 g/mol. The number of amides is 1. The Labute approximate surface area is 133 Å². The number of carbonyl (C=O) groups is 1.